The van der Waals surface area contributed by atoms with Gasteiger partial charge in [0.1, 0.15) is 10.8 Å². The zero-order valence-electron chi connectivity index (χ0n) is 12.8. The predicted molar refractivity (Wildman–Crippen MR) is 90.9 cm³/mol. The fraction of sp³-hybridized carbons (Fsp3) is 0.235. The Bertz CT molecular complexity index is 910. The highest BCUT2D eigenvalue weighted by Crippen LogP contribution is 2.56. The number of hydrogen-bond donors (Lipinski definition) is 2. The Hall–Kier alpha value is -1.89. The molecule has 24 heavy (non-hydrogen) atoms. The first-order chi connectivity index (χ1) is 11.2. The van der Waals surface area contributed by atoms with Crippen molar-refractivity contribution in [3.05, 3.63) is 64.7 Å². The lowest BCUT2D eigenvalue weighted by atomic mass is 10.1. The standard InChI is InChI=1S/C17H16ClNO4S/c1-10-5-7-13(8-6-10)24(22,23)15-14(17(15,19)16(20)21)11-3-2-4-12(18)9-11/h2-9,14-15H,19H2,1H3,(H,20,21)/t14-,15+,17-/m0/s1. The second-order valence-corrected chi connectivity index (χ2v) is 8.56. The van der Waals surface area contributed by atoms with E-state index in [2.05, 4.69) is 0 Å². The van der Waals surface area contributed by atoms with E-state index >= 15 is 0 Å². The number of carboxylic acid groups (broad SMARTS) is 1. The van der Waals surface area contributed by atoms with E-state index in [0.29, 0.717) is 10.6 Å². The monoisotopic (exact) mass is 365 g/mol. The molecule has 2 aromatic rings. The highest BCUT2D eigenvalue weighted by Gasteiger charge is 2.74. The maximum absolute atomic E-state index is 12.9. The van der Waals surface area contributed by atoms with Gasteiger partial charge in [0.25, 0.3) is 0 Å². The molecular formula is C17H16ClNO4S. The third kappa shape index (κ3) is 2.51. The summed E-state index contributed by atoms with van der Waals surface area (Å²) >= 11 is 5.95. The average molecular weight is 366 g/mol. The van der Waals surface area contributed by atoms with Gasteiger partial charge in [0.15, 0.2) is 9.84 Å². The minimum Gasteiger partial charge on any atom is -0.480 e. The van der Waals surface area contributed by atoms with Crippen molar-refractivity contribution in [3.8, 4) is 0 Å². The van der Waals surface area contributed by atoms with Gasteiger partial charge < -0.3 is 10.8 Å². The van der Waals surface area contributed by atoms with Crippen LogP contribution in [0, 0.1) is 6.92 Å². The van der Waals surface area contributed by atoms with E-state index in [1.165, 1.54) is 12.1 Å². The largest absolute Gasteiger partial charge is 0.480 e. The van der Waals surface area contributed by atoms with Crippen LogP contribution in [0.5, 0.6) is 0 Å². The molecule has 7 heteroatoms. The Balaban J connectivity index is 2.08. The molecular weight excluding hydrogens is 350 g/mol. The third-order valence-electron chi connectivity index (χ3n) is 4.44. The van der Waals surface area contributed by atoms with Crippen molar-refractivity contribution in [2.75, 3.05) is 0 Å². The summed E-state index contributed by atoms with van der Waals surface area (Å²) in [5, 5.41) is 8.68. The van der Waals surface area contributed by atoms with Crippen molar-refractivity contribution < 1.29 is 18.3 Å². The maximum atomic E-state index is 12.9. The Morgan fingerprint density at radius 1 is 1.21 bits per heavy atom. The molecule has 0 heterocycles. The molecule has 0 aromatic heterocycles. The zero-order chi connectivity index (χ0) is 17.7. The van der Waals surface area contributed by atoms with Crippen LogP contribution in [0.15, 0.2) is 53.4 Å². The van der Waals surface area contributed by atoms with Gasteiger partial charge in [-0.2, -0.15) is 0 Å². The molecule has 0 spiro atoms. The van der Waals surface area contributed by atoms with Crippen molar-refractivity contribution in [2.24, 2.45) is 5.73 Å². The molecule has 0 saturated heterocycles. The Kier molecular flexibility index (Phi) is 3.94. The van der Waals surface area contributed by atoms with Crippen LogP contribution in [0.25, 0.3) is 0 Å². The van der Waals surface area contributed by atoms with Crippen LogP contribution in [0.1, 0.15) is 17.0 Å². The quantitative estimate of drug-likeness (QED) is 0.866. The molecule has 0 radical (unpaired) electrons. The van der Waals surface area contributed by atoms with Gasteiger partial charge in [0.05, 0.1) is 4.90 Å². The summed E-state index contributed by atoms with van der Waals surface area (Å²) in [4.78, 5) is 11.7. The van der Waals surface area contributed by atoms with Gasteiger partial charge in [0, 0.05) is 10.9 Å². The molecule has 0 aliphatic heterocycles. The van der Waals surface area contributed by atoms with Gasteiger partial charge in [-0.1, -0.05) is 41.4 Å². The van der Waals surface area contributed by atoms with E-state index in [1.54, 1.807) is 36.4 Å². The van der Waals surface area contributed by atoms with Gasteiger partial charge in [-0.3, -0.25) is 4.79 Å². The lowest BCUT2D eigenvalue weighted by Gasteiger charge is -2.07. The van der Waals surface area contributed by atoms with Crippen LogP contribution in [-0.2, 0) is 14.6 Å². The van der Waals surface area contributed by atoms with Gasteiger partial charge in [-0.15, -0.1) is 0 Å². The molecule has 3 N–H and O–H groups in total. The van der Waals surface area contributed by atoms with Crippen molar-refractivity contribution in [1.82, 2.24) is 0 Å². The normalized spacial score (nSPS) is 26.1. The van der Waals surface area contributed by atoms with Gasteiger partial charge in [-0.25, -0.2) is 8.42 Å². The highest BCUT2D eigenvalue weighted by atomic mass is 35.5. The number of aryl methyl sites for hydroxylation is 1. The Morgan fingerprint density at radius 2 is 1.83 bits per heavy atom. The summed E-state index contributed by atoms with van der Waals surface area (Å²) < 4.78 is 25.8. The first-order valence-electron chi connectivity index (χ1n) is 7.27. The van der Waals surface area contributed by atoms with E-state index in [0.717, 1.165) is 5.56 Å². The van der Waals surface area contributed by atoms with E-state index in [-0.39, 0.29) is 4.90 Å². The number of aliphatic carboxylic acids is 1. The summed E-state index contributed by atoms with van der Waals surface area (Å²) in [5.41, 5.74) is 5.54. The first-order valence-corrected chi connectivity index (χ1v) is 9.19. The molecule has 126 valence electrons. The third-order valence-corrected chi connectivity index (χ3v) is 6.94. The molecule has 0 amide bonds. The van der Waals surface area contributed by atoms with Crippen molar-refractivity contribution >= 4 is 27.4 Å². The van der Waals surface area contributed by atoms with E-state index in [1.807, 2.05) is 6.92 Å². The molecule has 0 unspecified atom stereocenters. The zero-order valence-corrected chi connectivity index (χ0v) is 14.4. The summed E-state index contributed by atoms with van der Waals surface area (Å²) in [5.74, 6) is -2.19. The number of hydrogen-bond acceptors (Lipinski definition) is 4. The number of carboxylic acids is 1. The fourth-order valence-corrected chi connectivity index (χ4v) is 5.52. The molecule has 2 aromatic carbocycles. The molecule has 3 atom stereocenters. The Labute approximate surface area is 145 Å². The molecule has 1 saturated carbocycles. The van der Waals surface area contributed by atoms with Crippen LogP contribution in [0.3, 0.4) is 0 Å². The molecule has 3 rings (SSSR count). The molecule has 1 fully saturated rings. The molecule has 5 nitrogen and oxygen atoms in total. The summed E-state index contributed by atoms with van der Waals surface area (Å²) in [6.45, 7) is 1.84. The predicted octanol–water partition coefficient (Wildman–Crippen LogP) is 2.37. The van der Waals surface area contributed by atoms with Crippen LogP contribution < -0.4 is 5.73 Å². The Morgan fingerprint density at radius 3 is 2.38 bits per heavy atom. The summed E-state index contributed by atoms with van der Waals surface area (Å²) in [6, 6.07) is 12.8. The van der Waals surface area contributed by atoms with E-state index in [9.17, 15) is 18.3 Å². The fourth-order valence-electron chi connectivity index (χ4n) is 3.09. The minimum absolute atomic E-state index is 0.0682. The number of sulfone groups is 1. The van der Waals surface area contributed by atoms with Crippen molar-refractivity contribution in [1.29, 1.82) is 0 Å². The molecule has 1 aliphatic carbocycles. The number of carbonyl (C=O) groups is 1. The van der Waals surface area contributed by atoms with Crippen molar-refractivity contribution in [3.63, 3.8) is 0 Å². The van der Waals surface area contributed by atoms with Gasteiger partial charge in [-0.05, 0) is 36.8 Å². The lowest BCUT2D eigenvalue weighted by Crippen LogP contribution is -2.39. The maximum Gasteiger partial charge on any atom is 0.325 e. The minimum atomic E-state index is -3.89. The average Bonchev–Trinajstić information content (AvgIpc) is 3.17. The van der Waals surface area contributed by atoms with Crippen LogP contribution in [-0.4, -0.2) is 30.3 Å². The highest BCUT2D eigenvalue weighted by molar-refractivity contribution is 7.92. The van der Waals surface area contributed by atoms with Gasteiger partial charge >= 0.3 is 5.97 Å². The lowest BCUT2D eigenvalue weighted by molar-refractivity contribution is -0.139. The number of benzene rings is 2. The van der Waals surface area contributed by atoms with Crippen molar-refractivity contribution in [2.45, 2.75) is 28.5 Å². The number of rotatable bonds is 4. The van der Waals surface area contributed by atoms with Crippen LogP contribution in [0.4, 0.5) is 0 Å². The summed E-state index contributed by atoms with van der Waals surface area (Å²) in [6.07, 6.45) is 0. The second kappa shape index (κ2) is 5.58. The van der Waals surface area contributed by atoms with Crippen LogP contribution in [0.2, 0.25) is 5.02 Å². The van der Waals surface area contributed by atoms with Gasteiger partial charge in [0.2, 0.25) is 0 Å². The molecule has 0 bridgehead atoms. The molecule has 1 aliphatic rings. The summed E-state index contributed by atoms with van der Waals surface area (Å²) in [7, 11) is -3.89. The van der Waals surface area contributed by atoms with E-state index in [4.69, 9.17) is 17.3 Å². The first kappa shape index (κ1) is 17.0. The number of nitrogens with two attached hydrogens (primary N) is 1. The SMILES string of the molecule is Cc1ccc(S(=O)(=O)[C@@H]2[C@H](c3cccc(Cl)c3)[C@@]2(N)C(=O)O)cc1. The smallest absolute Gasteiger partial charge is 0.325 e. The van der Waals surface area contributed by atoms with Crippen LogP contribution >= 0.6 is 11.6 Å². The number of halogens is 1. The van der Waals surface area contributed by atoms with E-state index < -0.39 is 32.5 Å². The second-order valence-electron chi connectivity index (χ2n) is 6.05. The topological polar surface area (TPSA) is 97.5 Å².